The Kier molecular flexibility index (Phi) is 47.8. The van der Waals surface area contributed by atoms with E-state index in [1.165, 1.54) is 173 Å². The molecule has 0 saturated carbocycles. The van der Waals surface area contributed by atoms with Gasteiger partial charge in [-0.1, -0.05) is 244 Å². The van der Waals surface area contributed by atoms with E-state index in [-0.39, 0.29) is 31.1 Å². The summed E-state index contributed by atoms with van der Waals surface area (Å²) in [5, 5.41) is 0. The maximum atomic E-state index is 12.8. The number of hydrogen-bond donors (Lipinski definition) is 0. The second kappa shape index (κ2) is 49.5. The molecule has 0 aliphatic heterocycles. The van der Waals surface area contributed by atoms with Crippen molar-refractivity contribution >= 4 is 17.9 Å². The molecule has 1 atom stereocenters. The minimum absolute atomic E-state index is 0.0763. The van der Waals surface area contributed by atoms with Gasteiger partial charge >= 0.3 is 17.9 Å². The van der Waals surface area contributed by atoms with Gasteiger partial charge in [0.2, 0.25) is 0 Å². The van der Waals surface area contributed by atoms with Crippen molar-refractivity contribution in [3.05, 3.63) is 24.3 Å². The highest BCUT2D eigenvalue weighted by molar-refractivity contribution is 5.71. The van der Waals surface area contributed by atoms with Crippen LogP contribution < -0.4 is 0 Å². The van der Waals surface area contributed by atoms with Crippen LogP contribution in [-0.2, 0) is 28.6 Å². The van der Waals surface area contributed by atoms with Crippen LogP contribution in [0.4, 0.5) is 0 Å². The molecule has 60 heavy (non-hydrogen) atoms. The Labute approximate surface area is 373 Å². The summed E-state index contributed by atoms with van der Waals surface area (Å²) in [5.74, 6) is -0.899. The Morgan fingerprint density at radius 3 is 1.00 bits per heavy atom. The first kappa shape index (κ1) is 57.9. The number of allylic oxidation sites excluding steroid dienone is 4. The van der Waals surface area contributed by atoms with Gasteiger partial charge in [-0.2, -0.15) is 0 Å². The number of carbonyl (C=O) groups is 3. The van der Waals surface area contributed by atoms with E-state index in [4.69, 9.17) is 14.2 Å². The molecule has 0 rings (SSSR count). The van der Waals surface area contributed by atoms with Crippen molar-refractivity contribution in [3.8, 4) is 0 Å². The van der Waals surface area contributed by atoms with Gasteiger partial charge in [0, 0.05) is 19.3 Å². The molecule has 1 unspecified atom stereocenters. The zero-order valence-electron chi connectivity index (χ0n) is 40.2. The van der Waals surface area contributed by atoms with Gasteiger partial charge in [0.15, 0.2) is 6.10 Å². The lowest BCUT2D eigenvalue weighted by molar-refractivity contribution is -0.167. The van der Waals surface area contributed by atoms with Crippen LogP contribution in [0.1, 0.15) is 284 Å². The van der Waals surface area contributed by atoms with Crippen molar-refractivity contribution in [3.63, 3.8) is 0 Å². The Hall–Kier alpha value is -2.11. The summed E-state index contributed by atoms with van der Waals surface area (Å²) >= 11 is 0. The molecule has 0 aromatic heterocycles. The molecule has 0 aromatic carbocycles. The second-order valence-electron chi connectivity index (χ2n) is 17.8. The molecule has 0 aliphatic rings. The van der Waals surface area contributed by atoms with Crippen LogP contribution in [0.15, 0.2) is 24.3 Å². The molecule has 0 bridgehead atoms. The van der Waals surface area contributed by atoms with Crippen molar-refractivity contribution in [1.82, 2.24) is 0 Å². The van der Waals surface area contributed by atoms with E-state index >= 15 is 0 Å². The summed E-state index contributed by atoms with van der Waals surface area (Å²) in [6.45, 7) is 6.52. The SMILES string of the molecule is CC/C=C\C/C=C\CCCCC(=O)OCC(COC(=O)CCCCCCCCCCCCCCCCCCC)OC(=O)CCCCCCCCCCCCCCCCCC. The molecule has 0 aromatic rings. The average molecular weight is 845 g/mol. The number of esters is 3. The third kappa shape index (κ3) is 46.9. The molecule has 0 heterocycles. The predicted octanol–water partition coefficient (Wildman–Crippen LogP) is 17.2. The maximum absolute atomic E-state index is 12.8. The van der Waals surface area contributed by atoms with Crippen LogP contribution in [-0.4, -0.2) is 37.2 Å². The normalized spacial score (nSPS) is 12.1. The van der Waals surface area contributed by atoms with E-state index in [1.807, 2.05) is 0 Å². The molecule has 6 nitrogen and oxygen atoms in total. The molecular weight excluding hydrogens is 745 g/mol. The highest BCUT2D eigenvalue weighted by atomic mass is 16.6. The number of ether oxygens (including phenoxy) is 3. The molecule has 352 valence electrons. The Morgan fingerprint density at radius 1 is 0.350 bits per heavy atom. The van der Waals surface area contributed by atoms with Gasteiger partial charge in [-0.25, -0.2) is 0 Å². The molecule has 0 spiro atoms. The molecule has 0 saturated heterocycles. The van der Waals surface area contributed by atoms with Crippen LogP contribution in [0.25, 0.3) is 0 Å². The summed E-state index contributed by atoms with van der Waals surface area (Å²) < 4.78 is 16.8. The highest BCUT2D eigenvalue weighted by Crippen LogP contribution is 2.17. The van der Waals surface area contributed by atoms with E-state index in [1.54, 1.807) is 0 Å². The Morgan fingerprint density at radius 2 is 0.650 bits per heavy atom. The van der Waals surface area contributed by atoms with Crippen molar-refractivity contribution in [1.29, 1.82) is 0 Å². The van der Waals surface area contributed by atoms with Crippen LogP contribution in [0.5, 0.6) is 0 Å². The average Bonchev–Trinajstić information content (AvgIpc) is 3.24. The zero-order valence-corrected chi connectivity index (χ0v) is 40.2. The van der Waals surface area contributed by atoms with Gasteiger partial charge in [0.25, 0.3) is 0 Å². The minimum atomic E-state index is -0.777. The second-order valence-corrected chi connectivity index (χ2v) is 17.8. The molecule has 0 fully saturated rings. The Bertz CT molecular complexity index is 973. The highest BCUT2D eigenvalue weighted by Gasteiger charge is 2.19. The topological polar surface area (TPSA) is 78.9 Å². The summed E-state index contributed by atoms with van der Waals surface area (Å²) in [6, 6.07) is 0. The lowest BCUT2D eigenvalue weighted by atomic mass is 10.0. The van der Waals surface area contributed by atoms with Crippen LogP contribution in [0.2, 0.25) is 0 Å². The van der Waals surface area contributed by atoms with Gasteiger partial charge in [-0.15, -0.1) is 0 Å². The summed E-state index contributed by atoms with van der Waals surface area (Å²) in [4.78, 5) is 37.9. The third-order valence-electron chi connectivity index (χ3n) is 11.7. The van der Waals surface area contributed by atoms with Gasteiger partial charge in [-0.05, 0) is 44.9 Å². The summed E-state index contributed by atoms with van der Waals surface area (Å²) in [7, 11) is 0. The van der Waals surface area contributed by atoms with Crippen molar-refractivity contribution in [2.45, 2.75) is 290 Å². The maximum Gasteiger partial charge on any atom is 0.306 e. The third-order valence-corrected chi connectivity index (χ3v) is 11.7. The molecule has 6 heteroatoms. The zero-order chi connectivity index (χ0) is 43.7. The molecule has 0 radical (unpaired) electrons. The van der Waals surface area contributed by atoms with Crippen molar-refractivity contribution in [2.24, 2.45) is 0 Å². The lowest BCUT2D eigenvalue weighted by Crippen LogP contribution is -2.30. The fourth-order valence-corrected chi connectivity index (χ4v) is 7.78. The largest absolute Gasteiger partial charge is 0.462 e. The van der Waals surface area contributed by atoms with Crippen LogP contribution in [0, 0.1) is 0 Å². The molecular formula is C54H100O6. The summed E-state index contributed by atoms with van der Waals surface area (Å²) in [5.41, 5.74) is 0. The van der Waals surface area contributed by atoms with E-state index in [0.29, 0.717) is 19.3 Å². The Balaban J connectivity index is 4.27. The lowest BCUT2D eigenvalue weighted by Gasteiger charge is -2.18. The first-order valence-electron chi connectivity index (χ1n) is 26.3. The minimum Gasteiger partial charge on any atom is -0.462 e. The van der Waals surface area contributed by atoms with Gasteiger partial charge < -0.3 is 14.2 Å². The van der Waals surface area contributed by atoms with E-state index in [0.717, 1.165) is 70.6 Å². The van der Waals surface area contributed by atoms with Crippen LogP contribution in [0.3, 0.4) is 0 Å². The summed E-state index contributed by atoms with van der Waals surface area (Å²) in [6.07, 6.45) is 56.1. The van der Waals surface area contributed by atoms with Gasteiger partial charge in [-0.3, -0.25) is 14.4 Å². The predicted molar refractivity (Wildman–Crippen MR) is 256 cm³/mol. The quantitative estimate of drug-likeness (QED) is 0.0263. The number of unbranched alkanes of at least 4 members (excludes halogenated alkanes) is 33. The molecule has 0 N–H and O–H groups in total. The monoisotopic (exact) mass is 845 g/mol. The number of rotatable bonds is 48. The van der Waals surface area contributed by atoms with Gasteiger partial charge in [0.05, 0.1) is 0 Å². The number of hydrogen-bond acceptors (Lipinski definition) is 6. The van der Waals surface area contributed by atoms with E-state index < -0.39 is 6.10 Å². The first-order chi connectivity index (χ1) is 29.5. The van der Waals surface area contributed by atoms with Gasteiger partial charge in [0.1, 0.15) is 13.2 Å². The fourth-order valence-electron chi connectivity index (χ4n) is 7.78. The first-order valence-corrected chi connectivity index (χ1v) is 26.3. The van der Waals surface area contributed by atoms with E-state index in [9.17, 15) is 14.4 Å². The molecule has 0 amide bonds. The molecule has 0 aliphatic carbocycles. The fraction of sp³-hybridized carbons (Fsp3) is 0.870. The number of carbonyl (C=O) groups excluding carboxylic acids is 3. The van der Waals surface area contributed by atoms with Crippen molar-refractivity contribution in [2.75, 3.05) is 13.2 Å². The van der Waals surface area contributed by atoms with Crippen LogP contribution >= 0.6 is 0 Å². The standard InChI is InChI=1S/C54H100O6/c1-4-7-10-13-16-19-21-23-25-27-29-30-32-35-38-41-44-47-53(56)59-50-51(49-58-52(55)46-43-40-37-34-18-15-12-9-6-3)60-54(57)48-45-42-39-36-33-31-28-26-24-22-20-17-14-11-8-5-2/h9,12,18,34,51H,4-8,10-11,13-17,19-33,35-50H2,1-3H3/b12-9-,34-18-. The van der Waals surface area contributed by atoms with E-state index in [2.05, 4.69) is 45.1 Å². The smallest absolute Gasteiger partial charge is 0.306 e. The van der Waals surface area contributed by atoms with Crippen molar-refractivity contribution < 1.29 is 28.6 Å².